The molecule has 0 unspecified atom stereocenters. The lowest BCUT2D eigenvalue weighted by molar-refractivity contribution is -0.119. The first-order valence-electron chi connectivity index (χ1n) is 4.25. The van der Waals surface area contributed by atoms with E-state index in [-0.39, 0.29) is 5.92 Å². The second-order valence-electron chi connectivity index (χ2n) is 3.78. The fourth-order valence-electron chi connectivity index (χ4n) is 2.78. The molecule has 0 saturated heterocycles. The van der Waals surface area contributed by atoms with E-state index in [4.69, 9.17) is 0 Å². The normalized spacial score (nSPS) is 50.7. The Labute approximate surface area is 65.8 Å². The molecule has 0 aliphatic heterocycles. The molecule has 3 aliphatic carbocycles. The summed E-state index contributed by atoms with van der Waals surface area (Å²) in [6, 6.07) is 0. The van der Waals surface area contributed by atoms with Crippen molar-refractivity contribution >= 4 is 5.78 Å². The van der Waals surface area contributed by atoms with Crippen LogP contribution < -0.4 is 0 Å². The number of Topliss-reactive ketones (excluding diaryl/α,β-unsaturated/α-hetero) is 1. The molecule has 1 heteroatoms. The van der Waals surface area contributed by atoms with Crippen LogP contribution in [0, 0.1) is 23.7 Å². The van der Waals surface area contributed by atoms with Crippen LogP contribution in [-0.2, 0) is 4.79 Å². The minimum Gasteiger partial charge on any atom is -0.299 e. The quantitative estimate of drug-likeness (QED) is 0.474. The summed E-state index contributed by atoms with van der Waals surface area (Å²) in [6.07, 6.45) is 9.60. The third-order valence-corrected chi connectivity index (χ3v) is 3.28. The van der Waals surface area contributed by atoms with Crippen LogP contribution >= 0.6 is 0 Å². The lowest BCUT2D eigenvalue weighted by atomic mass is 9.90. The summed E-state index contributed by atoms with van der Waals surface area (Å²) in [6.45, 7) is 0. The van der Waals surface area contributed by atoms with Gasteiger partial charge >= 0.3 is 0 Å². The maximum Gasteiger partial charge on any atom is 0.140 e. The molecule has 56 valence electrons. The van der Waals surface area contributed by atoms with Crippen LogP contribution in [0.15, 0.2) is 24.3 Å². The fourth-order valence-corrected chi connectivity index (χ4v) is 2.78. The van der Waals surface area contributed by atoms with Gasteiger partial charge in [0.15, 0.2) is 0 Å². The second-order valence-corrected chi connectivity index (χ2v) is 3.78. The van der Waals surface area contributed by atoms with E-state index in [1.807, 2.05) is 0 Å². The summed E-state index contributed by atoms with van der Waals surface area (Å²) in [7, 11) is 0. The maximum atomic E-state index is 11.4. The summed E-state index contributed by atoms with van der Waals surface area (Å²) >= 11 is 0. The molecule has 0 bridgehead atoms. The van der Waals surface area contributed by atoms with Crippen molar-refractivity contribution in [3.05, 3.63) is 24.3 Å². The molecular formula is C10H10O. The number of carbonyl (C=O) groups excluding carboxylic acids is 1. The largest absolute Gasteiger partial charge is 0.299 e. The lowest BCUT2D eigenvalue weighted by Gasteiger charge is -2.12. The first-order chi connectivity index (χ1) is 5.36. The van der Waals surface area contributed by atoms with Gasteiger partial charge in [-0.2, -0.15) is 0 Å². The van der Waals surface area contributed by atoms with Gasteiger partial charge < -0.3 is 0 Å². The molecule has 0 radical (unpaired) electrons. The van der Waals surface area contributed by atoms with Crippen molar-refractivity contribution < 1.29 is 4.79 Å². The summed E-state index contributed by atoms with van der Waals surface area (Å²) in [5.74, 6) is 2.54. The monoisotopic (exact) mass is 146 g/mol. The maximum absolute atomic E-state index is 11.4. The number of carbonyl (C=O) groups is 1. The van der Waals surface area contributed by atoms with Gasteiger partial charge in [-0.05, 0) is 17.8 Å². The summed E-state index contributed by atoms with van der Waals surface area (Å²) in [4.78, 5) is 11.4. The van der Waals surface area contributed by atoms with E-state index in [1.165, 1.54) is 0 Å². The Bertz CT molecular complexity index is 275. The minimum atomic E-state index is 0.278. The highest BCUT2D eigenvalue weighted by Crippen LogP contribution is 2.49. The van der Waals surface area contributed by atoms with Gasteiger partial charge in [0.25, 0.3) is 0 Å². The summed E-state index contributed by atoms with van der Waals surface area (Å²) < 4.78 is 0. The summed E-state index contributed by atoms with van der Waals surface area (Å²) in [5.41, 5.74) is 0. The van der Waals surface area contributed by atoms with Crippen LogP contribution in [0.5, 0.6) is 0 Å². The van der Waals surface area contributed by atoms with Gasteiger partial charge in [-0.1, -0.05) is 24.3 Å². The van der Waals surface area contributed by atoms with Crippen LogP contribution in [-0.4, -0.2) is 5.78 Å². The van der Waals surface area contributed by atoms with E-state index in [0.717, 1.165) is 6.42 Å². The van der Waals surface area contributed by atoms with E-state index in [1.54, 1.807) is 0 Å². The second kappa shape index (κ2) is 1.66. The Morgan fingerprint density at radius 1 is 1.18 bits per heavy atom. The number of allylic oxidation sites excluding steroid dienone is 4. The fraction of sp³-hybridized carbons (Fsp3) is 0.500. The predicted octanol–water partition coefficient (Wildman–Crippen LogP) is 1.56. The van der Waals surface area contributed by atoms with Crippen molar-refractivity contribution in [3.63, 3.8) is 0 Å². The van der Waals surface area contributed by atoms with Gasteiger partial charge in [0, 0.05) is 12.3 Å². The molecule has 3 aliphatic rings. The molecule has 0 spiro atoms. The van der Waals surface area contributed by atoms with E-state index in [9.17, 15) is 4.79 Å². The van der Waals surface area contributed by atoms with Crippen molar-refractivity contribution in [2.45, 2.75) is 6.42 Å². The third-order valence-electron chi connectivity index (χ3n) is 3.28. The molecule has 0 heterocycles. The standard InChI is InChI=1S/C10H10O/c11-9-5-7-2-1-6-3-4-8(9)10(6)7/h1-4,6-8,10H,5H2/t6-,7+,8-,10-/m1/s1. The Kier molecular flexibility index (Phi) is 0.867. The molecule has 0 aromatic heterocycles. The van der Waals surface area contributed by atoms with Crippen molar-refractivity contribution in [3.8, 4) is 0 Å². The number of hydrogen-bond acceptors (Lipinski definition) is 1. The highest BCUT2D eigenvalue weighted by atomic mass is 16.1. The Balaban J connectivity index is 2.10. The Morgan fingerprint density at radius 3 is 2.91 bits per heavy atom. The first kappa shape index (κ1) is 5.76. The van der Waals surface area contributed by atoms with Crippen molar-refractivity contribution in [1.29, 1.82) is 0 Å². The van der Waals surface area contributed by atoms with Gasteiger partial charge in [0.2, 0.25) is 0 Å². The molecule has 3 rings (SSSR count). The van der Waals surface area contributed by atoms with E-state index in [0.29, 0.717) is 23.5 Å². The third kappa shape index (κ3) is 0.550. The lowest BCUT2D eigenvalue weighted by Crippen LogP contribution is -2.12. The first-order valence-corrected chi connectivity index (χ1v) is 4.25. The molecule has 1 saturated carbocycles. The average molecular weight is 146 g/mol. The number of ketones is 1. The zero-order chi connectivity index (χ0) is 7.42. The van der Waals surface area contributed by atoms with Crippen LogP contribution in [0.2, 0.25) is 0 Å². The van der Waals surface area contributed by atoms with Crippen molar-refractivity contribution in [1.82, 2.24) is 0 Å². The van der Waals surface area contributed by atoms with Gasteiger partial charge in [0.05, 0.1) is 0 Å². The molecular weight excluding hydrogens is 136 g/mol. The Morgan fingerprint density at radius 2 is 2.00 bits per heavy atom. The molecule has 0 aromatic carbocycles. The minimum absolute atomic E-state index is 0.278. The van der Waals surface area contributed by atoms with Crippen LogP contribution in [0.3, 0.4) is 0 Å². The number of rotatable bonds is 0. The highest BCUT2D eigenvalue weighted by molar-refractivity contribution is 5.87. The predicted molar refractivity (Wildman–Crippen MR) is 41.9 cm³/mol. The van der Waals surface area contributed by atoms with Crippen molar-refractivity contribution in [2.75, 3.05) is 0 Å². The molecule has 1 fully saturated rings. The molecule has 0 aromatic rings. The van der Waals surface area contributed by atoms with Crippen LogP contribution in [0.25, 0.3) is 0 Å². The van der Waals surface area contributed by atoms with E-state index in [2.05, 4.69) is 24.3 Å². The van der Waals surface area contributed by atoms with Crippen LogP contribution in [0.4, 0.5) is 0 Å². The molecule has 1 nitrogen and oxygen atoms in total. The average Bonchev–Trinajstić information content (AvgIpc) is 2.53. The molecule has 11 heavy (non-hydrogen) atoms. The van der Waals surface area contributed by atoms with Crippen molar-refractivity contribution in [2.24, 2.45) is 23.7 Å². The SMILES string of the molecule is O=C1C[C@@H]2C=C[C@@H]3C=C[C@H]1[C@H]32. The zero-order valence-corrected chi connectivity index (χ0v) is 6.23. The zero-order valence-electron chi connectivity index (χ0n) is 6.23. The topological polar surface area (TPSA) is 17.1 Å². The Hall–Kier alpha value is -0.850. The van der Waals surface area contributed by atoms with Crippen LogP contribution in [0.1, 0.15) is 6.42 Å². The summed E-state index contributed by atoms with van der Waals surface area (Å²) in [5, 5.41) is 0. The van der Waals surface area contributed by atoms with Gasteiger partial charge in [-0.25, -0.2) is 0 Å². The van der Waals surface area contributed by atoms with Gasteiger partial charge in [0.1, 0.15) is 5.78 Å². The number of hydrogen-bond donors (Lipinski definition) is 0. The molecule has 0 amide bonds. The van der Waals surface area contributed by atoms with E-state index < -0.39 is 0 Å². The molecule has 4 atom stereocenters. The highest BCUT2D eigenvalue weighted by Gasteiger charge is 2.47. The smallest absolute Gasteiger partial charge is 0.140 e. The van der Waals surface area contributed by atoms with E-state index >= 15 is 0 Å². The van der Waals surface area contributed by atoms with Gasteiger partial charge in [-0.15, -0.1) is 0 Å². The molecule has 0 N–H and O–H groups in total. The van der Waals surface area contributed by atoms with Gasteiger partial charge in [-0.3, -0.25) is 4.79 Å².